The maximum Gasteiger partial charge on any atom is 0.263 e. The Kier molecular flexibility index (Phi) is 4.92. The van der Waals surface area contributed by atoms with Crippen LogP contribution >= 0.6 is 11.3 Å². The average Bonchev–Trinajstić information content (AvgIpc) is 3.03. The summed E-state index contributed by atoms with van der Waals surface area (Å²) >= 11 is 1.28. The van der Waals surface area contributed by atoms with E-state index in [2.05, 4.69) is 35.7 Å². The minimum atomic E-state index is -3.62. The first kappa shape index (κ1) is 17.6. The van der Waals surface area contributed by atoms with Crippen molar-refractivity contribution in [3.63, 3.8) is 0 Å². The van der Waals surface area contributed by atoms with Gasteiger partial charge in [0, 0.05) is 10.9 Å². The van der Waals surface area contributed by atoms with Gasteiger partial charge in [-0.2, -0.15) is 0 Å². The van der Waals surface area contributed by atoms with E-state index in [0.29, 0.717) is 11.0 Å². The summed E-state index contributed by atoms with van der Waals surface area (Å²) < 4.78 is 27.4. The largest absolute Gasteiger partial charge is 0.263 e. The summed E-state index contributed by atoms with van der Waals surface area (Å²) in [5.41, 5.74) is 4.02. The van der Waals surface area contributed by atoms with Crippen LogP contribution in [0, 0.1) is 6.92 Å². The van der Waals surface area contributed by atoms with E-state index >= 15 is 0 Å². The van der Waals surface area contributed by atoms with Gasteiger partial charge in [-0.25, -0.2) is 13.4 Å². The van der Waals surface area contributed by atoms with E-state index in [-0.39, 0.29) is 4.90 Å². The van der Waals surface area contributed by atoms with Gasteiger partial charge in [-0.05, 0) is 30.5 Å². The van der Waals surface area contributed by atoms with Gasteiger partial charge in [-0.15, -0.1) is 11.3 Å². The number of hydrogen-bond donors (Lipinski definition) is 1. The summed E-state index contributed by atoms with van der Waals surface area (Å²) in [5, 5.41) is 2.22. The van der Waals surface area contributed by atoms with Crippen LogP contribution < -0.4 is 4.72 Å². The van der Waals surface area contributed by atoms with Gasteiger partial charge in [-0.1, -0.05) is 55.8 Å². The van der Waals surface area contributed by atoms with Crippen LogP contribution in [0.1, 0.15) is 30.9 Å². The first-order valence-electron chi connectivity index (χ1n) is 8.00. The minimum absolute atomic E-state index is 0.233. The molecule has 1 heterocycles. The second-order valence-electron chi connectivity index (χ2n) is 6.23. The van der Waals surface area contributed by atoms with Gasteiger partial charge in [0.05, 0.1) is 10.6 Å². The van der Waals surface area contributed by atoms with E-state index < -0.39 is 10.0 Å². The quantitative estimate of drug-likeness (QED) is 0.682. The Morgan fingerprint density at radius 3 is 2.24 bits per heavy atom. The zero-order valence-corrected chi connectivity index (χ0v) is 16.0. The predicted molar refractivity (Wildman–Crippen MR) is 104 cm³/mol. The number of nitrogens with zero attached hydrogens (tertiary/aromatic N) is 1. The van der Waals surface area contributed by atoms with Crippen LogP contribution in [0.4, 0.5) is 5.13 Å². The van der Waals surface area contributed by atoms with Crippen molar-refractivity contribution in [2.24, 2.45) is 0 Å². The smallest absolute Gasteiger partial charge is 0.255 e. The SMILES string of the molecule is Cc1ccc(S(=O)(=O)Nc2nc(-c3ccc(C(C)C)cc3)cs2)cc1. The Hall–Kier alpha value is -2.18. The van der Waals surface area contributed by atoms with Gasteiger partial charge in [0.2, 0.25) is 0 Å². The van der Waals surface area contributed by atoms with Crippen LogP contribution in [0.15, 0.2) is 58.8 Å². The molecule has 0 aliphatic rings. The second kappa shape index (κ2) is 6.98. The summed E-state index contributed by atoms with van der Waals surface area (Å²) in [6, 6.07) is 14.9. The van der Waals surface area contributed by atoms with Crippen molar-refractivity contribution in [3.05, 3.63) is 65.0 Å². The number of thiazole rings is 1. The Labute approximate surface area is 152 Å². The third-order valence-corrected chi connectivity index (χ3v) is 6.17. The van der Waals surface area contributed by atoms with Gasteiger partial charge in [0.15, 0.2) is 5.13 Å². The first-order chi connectivity index (χ1) is 11.8. The molecule has 0 aliphatic heterocycles. The number of sulfonamides is 1. The fourth-order valence-corrected chi connectivity index (χ4v) is 4.36. The van der Waals surface area contributed by atoms with Crippen molar-refractivity contribution >= 4 is 26.5 Å². The van der Waals surface area contributed by atoms with Crippen LogP contribution in [-0.4, -0.2) is 13.4 Å². The van der Waals surface area contributed by atoms with E-state index in [1.165, 1.54) is 16.9 Å². The Morgan fingerprint density at radius 2 is 1.64 bits per heavy atom. The monoisotopic (exact) mass is 372 g/mol. The molecule has 0 unspecified atom stereocenters. The van der Waals surface area contributed by atoms with Crippen LogP contribution in [0.5, 0.6) is 0 Å². The van der Waals surface area contributed by atoms with Crippen molar-refractivity contribution in [1.29, 1.82) is 0 Å². The van der Waals surface area contributed by atoms with Crippen LogP contribution in [0.2, 0.25) is 0 Å². The third kappa shape index (κ3) is 4.08. The summed E-state index contributed by atoms with van der Waals surface area (Å²) in [4.78, 5) is 4.64. The molecule has 130 valence electrons. The minimum Gasteiger partial charge on any atom is -0.255 e. The maximum atomic E-state index is 12.4. The fourth-order valence-electron chi connectivity index (χ4n) is 2.38. The molecule has 3 aromatic rings. The Bertz CT molecular complexity index is 957. The molecule has 0 saturated heterocycles. The van der Waals surface area contributed by atoms with E-state index in [9.17, 15) is 8.42 Å². The summed E-state index contributed by atoms with van der Waals surface area (Å²) in [6.07, 6.45) is 0. The molecule has 0 amide bonds. The maximum absolute atomic E-state index is 12.4. The highest BCUT2D eigenvalue weighted by Gasteiger charge is 2.16. The van der Waals surface area contributed by atoms with Gasteiger partial charge in [0.1, 0.15) is 0 Å². The molecule has 4 nitrogen and oxygen atoms in total. The number of aromatic nitrogens is 1. The Balaban J connectivity index is 1.80. The standard InChI is InChI=1S/C19H20N2O2S2/c1-13(2)15-6-8-16(9-7-15)18-12-24-19(20-18)21-25(22,23)17-10-4-14(3)5-11-17/h4-13H,1-3H3,(H,20,21). The molecule has 25 heavy (non-hydrogen) atoms. The highest BCUT2D eigenvalue weighted by Crippen LogP contribution is 2.28. The molecule has 0 aliphatic carbocycles. The zero-order chi connectivity index (χ0) is 18.0. The number of rotatable bonds is 5. The molecule has 0 fully saturated rings. The number of nitrogens with one attached hydrogen (secondary N) is 1. The summed E-state index contributed by atoms with van der Waals surface area (Å²) in [7, 11) is -3.62. The molecule has 0 spiro atoms. The topological polar surface area (TPSA) is 59.1 Å². The molecule has 1 aromatic heterocycles. The normalized spacial score (nSPS) is 11.7. The molecular formula is C19H20N2O2S2. The number of aryl methyl sites for hydroxylation is 1. The number of hydrogen-bond acceptors (Lipinski definition) is 4. The second-order valence-corrected chi connectivity index (χ2v) is 8.77. The molecule has 0 atom stereocenters. The van der Waals surface area contributed by atoms with Crippen molar-refractivity contribution in [1.82, 2.24) is 4.98 Å². The van der Waals surface area contributed by atoms with Gasteiger partial charge < -0.3 is 0 Å². The molecule has 3 rings (SSSR count). The van der Waals surface area contributed by atoms with Gasteiger partial charge in [-0.3, -0.25) is 4.72 Å². The van der Waals surface area contributed by atoms with E-state index in [4.69, 9.17) is 0 Å². The van der Waals surface area contributed by atoms with E-state index in [0.717, 1.165) is 16.8 Å². The third-order valence-electron chi connectivity index (χ3n) is 3.93. The average molecular weight is 373 g/mol. The summed E-state index contributed by atoms with van der Waals surface area (Å²) in [5.74, 6) is 0.473. The van der Waals surface area contributed by atoms with Gasteiger partial charge in [0.25, 0.3) is 10.0 Å². The highest BCUT2D eigenvalue weighted by atomic mass is 32.2. The Morgan fingerprint density at radius 1 is 1.00 bits per heavy atom. The van der Waals surface area contributed by atoms with Crippen LogP contribution in [0.3, 0.4) is 0 Å². The lowest BCUT2D eigenvalue weighted by Gasteiger charge is -2.06. The van der Waals surface area contributed by atoms with E-state index in [1.54, 1.807) is 24.3 Å². The molecular weight excluding hydrogens is 352 g/mol. The predicted octanol–water partition coefficient (Wildman–Crippen LogP) is 5.04. The van der Waals surface area contributed by atoms with Gasteiger partial charge >= 0.3 is 0 Å². The molecule has 1 N–H and O–H groups in total. The van der Waals surface area contributed by atoms with E-state index in [1.807, 2.05) is 24.4 Å². The van der Waals surface area contributed by atoms with Crippen molar-refractivity contribution in [2.75, 3.05) is 4.72 Å². The van der Waals surface area contributed by atoms with Crippen molar-refractivity contribution < 1.29 is 8.42 Å². The number of anilines is 1. The van der Waals surface area contributed by atoms with Crippen molar-refractivity contribution in [3.8, 4) is 11.3 Å². The van der Waals surface area contributed by atoms with Crippen LogP contribution in [-0.2, 0) is 10.0 Å². The molecule has 0 bridgehead atoms. The molecule has 0 saturated carbocycles. The lowest BCUT2D eigenvalue weighted by atomic mass is 10.0. The van der Waals surface area contributed by atoms with Crippen LogP contribution in [0.25, 0.3) is 11.3 Å². The number of benzene rings is 2. The fraction of sp³-hybridized carbons (Fsp3) is 0.211. The first-order valence-corrected chi connectivity index (χ1v) is 10.4. The lowest BCUT2D eigenvalue weighted by molar-refractivity contribution is 0.601. The van der Waals surface area contributed by atoms with Crippen molar-refractivity contribution in [2.45, 2.75) is 31.6 Å². The summed E-state index contributed by atoms with van der Waals surface area (Å²) in [6.45, 7) is 6.22. The molecule has 6 heteroatoms. The molecule has 2 aromatic carbocycles. The lowest BCUT2D eigenvalue weighted by Crippen LogP contribution is -2.12. The zero-order valence-electron chi connectivity index (χ0n) is 14.4. The molecule has 0 radical (unpaired) electrons. The highest BCUT2D eigenvalue weighted by molar-refractivity contribution is 7.93.